The third-order valence-corrected chi connectivity index (χ3v) is 7.47. The third kappa shape index (κ3) is 3.41. The molecule has 2 aliphatic carbocycles. The molecule has 1 aromatic carbocycles. The normalized spacial score (nSPS) is 30.3. The van der Waals surface area contributed by atoms with Crippen molar-refractivity contribution in [3.05, 3.63) is 47.5 Å². The third-order valence-electron chi connectivity index (χ3n) is 7.47. The molecule has 0 saturated heterocycles. The molecule has 0 amide bonds. The van der Waals surface area contributed by atoms with Gasteiger partial charge in [-0.05, 0) is 42.9 Å². The van der Waals surface area contributed by atoms with Crippen molar-refractivity contribution in [1.29, 1.82) is 0 Å². The zero-order valence-corrected chi connectivity index (χ0v) is 18.6. The highest BCUT2D eigenvalue weighted by Crippen LogP contribution is 2.64. The fourth-order valence-corrected chi connectivity index (χ4v) is 6.45. The predicted molar refractivity (Wildman–Crippen MR) is 113 cm³/mol. The van der Waals surface area contributed by atoms with E-state index >= 15 is 0 Å². The van der Waals surface area contributed by atoms with Gasteiger partial charge >= 0.3 is 11.9 Å². The van der Waals surface area contributed by atoms with Crippen molar-refractivity contribution in [3.63, 3.8) is 0 Å². The lowest BCUT2D eigenvalue weighted by Gasteiger charge is -2.59. The molecule has 3 rings (SSSR count). The first-order chi connectivity index (χ1) is 13.6. The van der Waals surface area contributed by atoms with Gasteiger partial charge in [-0.1, -0.05) is 69.2 Å². The van der Waals surface area contributed by atoms with Gasteiger partial charge in [0, 0.05) is 18.4 Å². The van der Waals surface area contributed by atoms with Gasteiger partial charge in [-0.25, -0.2) is 4.79 Å². The first-order valence-corrected chi connectivity index (χ1v) is 10.6. The number of hydrogen-bond donors (Lipinski definition) is 0. The second-order valence-electron chi connectivity index (χ2n) is 9.70. The minimum absolute atomic E-state index is 0.150. The van der Waals surface area contributed by atoms with E-state index in [9.17, 15) is 9.59 Å². The number of allylic oxidation sites excluding steroid dienone is 1. The Labute approximate surface area is 174 Å². The summed E-state index contributed by atoms with van der Waals surface area (Å²) in [5.41, 5.74) is 0.225. The van der Waals surface area contributed by atoms with Gasteiger partial charge in [0.25, 0.3) is 0 Å². The lowest BCUT2D eigenvalue weighted by molar-refractivity contribution is -0.201. The summed E-state index contributed by atoms with van der Waals surface area (Å²) >= 11 is 0. The molecule has 29 heavy (non-hydrogen) atoms. The Morgan fingerprint density at radius 3 is 2.34 bits per heavy atom. The predicted octanol–water partition coefficient (Wildman–Crippen LogP) is 5.42. The summed E-state index contributed by atoms with van der Waals surface area (Å²) in [4.78, 5) is 25.8. The van der Waals surface area contributed by atoms with Gasteiger partial charge in [-0.15, -0.1) is 0 Å². The molecule has 0 aliphatic heterocycles. The highest BCUT2D eigenvalue weighted by molar-refractivity contribution is 5.85. The number of methoxy groups -OCH3 is 1. The van der Waals surface area contributed by atoms with Crippen LogP contribution in [0.3, 0.4) is 0 Å². The number of hydrogen-bond acceptors (Lipinski definition) is 4. The molecule has 1 fully saturated rings. The number of benzene rings is 1. The lowest BCUT2D eigenvalue weighted by atomic mass is 9.45. The molecule has 2 aliphatic rings. The maximum Gasteiger partial charge on any atom is 0.355 e. The number of ether oxygens (including phenoxy) is 2. The summed E-state index contributed by atoms with van der Waals surface area (Å²) < 4.78 is 11.3. The maximum absolute atomic E-state index is 13.5. The van der Waals surface area contributed by atoms with Crippen LogP contribution in [0.2, 0.25) is 0 Å². The van der Waals surface area contributed by atoms with Gasteiger partial charge in [0.1, 0.15) is 0 Å². The Morgan fingerprint density at radius 2 is 1.76 bits per heavy atom. The Morgan fingerprint density at radius 1 is 1.10 bits per heavy atom. The van der Waals surface area contributed by atoms with Crippen LogP contribution in [0.5, 0.6) is 0 Å². The van der Waals surface area contributed by atoms with Crippen molar-refractivity contribution >= 4 is 11.9 Å². The molecule has 0 bridgehead atoms. The molecule has 3 unspecified atom stereocenters. The van der Waals surface area contributed by atoms with E-state index in [-0.39, 0.29) is 16.7 Å². The van der Waals surface area contributed by atoms with Crippen molar-refractivity contribution in [3.8, 4) is 0 Å². The quantitative estimate of drug-likeness (QED) is 0.502. The Bertz CT molecular complexity index is 809. The lowest BCUT2D eigenvalue weighted by Crippen LogP contribution is -2.59. The molecule has 0 spiro atoms. The molecular formula is C25H34O4. The standard InChI is InChI=1S/C25H34O4/c1-17-13-14-20-23(3,4)15-10-16-24(20,5)21(17)25(22(27)28-6,29-18(2)26)19-11-8-7-9-12-19/h7-9,11-13,20-21H,10,14-16H2,1-6H3/t20?,21?,24?,25-/m0/s1. The summed E-state index contributed by atoms with van der Waals surface area (Å²) in [5, 5.41) is 0. The monoisotopic (exact) mass is 398 g/mol. The van der Waals surface area contributed by atoms with E-state index in [1.165, 1.54) is 14.0 Å². The van der Waals surface area contributed by atoms with E-state index in [0.29, 0.717) is 11.5 Å². The molecule has 0 aromatic heterocycles. The average Bonchev–Trinajstić information content (AvgIpc) is 2.65. The topological polar surface area (TPSA) is 52.6 Å². The molecule has 0 N–H and O–H groups in total. The number of carbonyl (C=O) groups excluding carboxylic acids is 2. The van der Waals surface area contributed by atoms with E-state index in [1.54, 1.807) is 0 Å². The second-order valence-corrected chi connectivity index (χ2v) is 9.70. The van der Waals surface area contributed by atoms with Gasteiger partial charge in [0.05, 0.1) is 7.11 Å². The van der Waals surface area contributed by atoms with E-state index in [2.05, 4.69) is 33.8 Å². The summed E-state index contributed by atoms with van der Waals surface area (Å²) in [5.74, 6) is -0.887. The maximum atomic E-state index is 13.5. The first kappa shape index (κ1) is 21.6. The number of fused-ring (bicyclic) bond motifs is 1. The van der Waals surface area contributed by atoms with Crippen molar-refractivity contribution in [1.82, 2.24) is 0 Å². The van der Waals surface area contributed by atoms with E-state index in [1.807, 2.05) is 30.3 Å². The van der Waals surface area contributed by atoms with Crippen LogP contribution in [0, 0.1) is 22.7 Å². The van der Waals surface area contributed by atoms with E-state index in [0.717, 1.165) is 31.3 Å². The molecule has 0 heterocycles. The Kier molecular flexibility index (Phi) is 5.68. The number of rotatable bonds is 4. The molecule has 1 saturated carbocycles. The van der Waals surface area contributed by atoms with Crippen LogP contribution >= 0.6 is 0 Å². The largest absolute Gasteiger partial charge is 0.466 e. The van der Waals surface area contributed by atoms with Gasteiger partial charge in [0.2, 0.25) is 5.60 Å². The zero-order valence-electron chi connectivity index (χ0n) is 18.6. The van der Waals surface area contributed by atoms with Crippen molar-refractivity contribution in [2.24, 2.45) is 22.7 Å². The van der Waals surface area contributed by atoms with Gasteiger partial charge < -0.3 is 9.47 Å². The van der Waals surface area contributed by atoms with Crippen LogP contribution in [0.1, 0.15) is 65.9 Å². The Hall–Kier alpha value is -2.10. The SMILES string of the molecule is COC(=O)[C@](OC(C)=O)(c1ccccc1)C1C(C)=CCC2C(C)(C)CCCC21C. The first-order valence-electron chi connectivity index (χ1n) is 10.6. The van der Waals surface area contributed by atoms with Crippen LogP contribution in [0.25, 0.3) is 0 Å². The summed E-state index contributed by atoms with van der Waals surface area (Å²) in [6, 6.07) is 9.39. The Balaban J connectivity index is 2.31. The average molecular weight is 399 g/mol. The molecule has 158 valence electrons. The van der Waals surface area contributed by atoms with E-state index in [4.69, 9.17) is 9.47 Å². The van der Waals surface area contributed by atoms with Gasteiger partial charge in [-0.3, -0.25) is 4.79 Å². The van der Waals surface area contributed by atoms with Crippen LogP contribution in [-0.4, -0.2) is 19.0 Å². The zero-order chi connectivity index (χ0) is 21.4. The van der Waals surface area contributed by atoms with Crippen molar-refractivity contribution < 1.29 is 19.1 Å². The smallest absolute Gasteiger partial charge is 0.355 e. The molecule has 4 atom stereocenters. The molecule has 4 nitrogen and oxygen atoms in total. The molecule has 0 radical (unpaired) electrons. The molecule has 4 heteroatoms. The van der Waals surface area contributed by atoms with Crippen LogP contribution in [0.4, 0.5) is 0 Å². The van der Waals surface area contributed by atoms with Crippen LogP contribution in [0.15, 0.2) is 42.0 Å². The minimum Gasteiger partial charge on any atom is -0.466 e. The second kappa shape index (κ2) is 7.62. The fourth-order valence-electron chi connectivity index (χ4n) is 6.45. The highest BCUT2D eigenvalue weighted by Gasteiger charge is 2.63. The number of carbonyl (C=O) groups is 2. The van der Waals surface area contributed by atoms with Crippen molar-refractivity contribution in [2.45, 2.75) is 65.9 Å². The van der Waals surface area contributed by atoms with Crippen LogP contribution in [-0.2, 0) is 24.7 Å². The minimum atomic E-state index is -1.50. The fraction of sp³-hybridized carbons (Fsp3) is 0.600. The van der Waals surface area contributed by atoms with E-state index < -0.39 is 17.5 Å². The highest BCUT2D eigenvalue weighted by atomic mass is 16.6. The summed E-state index contributed by atoms with van der Waals surface area (Å²) in [6.07, 6.45) is 6.48. The molecular weight excluding hydrogens is 364 g/mol. The van der Waals surface area contributed by atoms with Crippen molar-refractivity contribution in [2.75, 3.05) is 7.11 Å². The summed E-state index contributed by atoms with van der Waals surface area (Å²) in [7, 11) is 1.37. The summed E-state index contributed by atoms with van der Waals surface area (Å²) in [6.45, 7) is 10.4. The van der Waals surface area contributed by atoms with Gasteiger partial charge in [0.15, 0.2) is 0 Å². The molecule has 1 aromatic rings. The number of esters is 2. The van der Waals surface area contributed by atoms with Crippen LogP contribution < -0.4 is 0 Å². The van der Waals surface area contributed by atoms with Gasteiger partial charge in [-0.2, -0.15) is 0 Å².